The van der Waals surface area contributed by atoms with Crippen molar-refractivity contribution in [1.29, 1.82) is 0 Å². The van der Waals surface area contributed by atoms with Gasteiger partial charge in [-0.15, -0.1) is 0 Å². The average molecular weight is 377 g/mol. The second-order valence-electron chi connectivity index (χ2n) is 6.99. The highest BCUT2D eigenvalue weighted by Crippen LogP contribution is 2.31. The quantitative estimate of drug-likeness (QED) is 0.612. The maximum Gasteiger partial charge on any atom is 0.165 e. The molecule has 1 heterocycles. The maximum atomic E-state index is 10.4. The van der Waals surface area contributed by atoms with Gasteiger partial charge in [-0.3, -0.25) is 4.90 Å². The summed E-state index contributed by atoms with van der Waals surface area (Å²) in [5, 5.41) is 10.4. The molecule has 27 heavy (non-hydrogen) atoms. The molecule has 0 fully saturated rings. The van der Waals surface area contributed by atoms with Gasteiger partial charge in [0, 0.05) is 25.3 Å². The number of methoxy groups -OCH3 is 2. The summed E-state index contributed by atoms with van der Waals surface area (Å²) in [4.78, 5) is 2.11. The van der Waals surface area contributed by atoms with Gasteiger partial charge in [-0.1, -0.05) is 26.0 Å². The smallest absolute Gasteiger partial charge is 0.165 e. The molecule has 0 amide bonds. The number of aliphatic hydroxyl groups excluding tert-OH is 1. The Balaban J connectivity index is 2.08. The fourth-order valence-corrected chi connectivity index (χ4v) is 2.92. The first-order valence-electron chi connectivity index (χ1n) is 9.23. The Bertz CT molecular complexity index is 657. The van der Waals surface area contributed by atoms with Gasteiger partial charge in [-0.05, 0) is 24.1 Å². The molecule has 0 spiro atoms. The van der Waals surface area contributed by atoms with Gasteiger partial charge in [-0.2, -0.15) is 0 Å². The maximum absolute atomic E-state index is 10.4. The van der Waals surface area contributed by atoms with Gasteiger partial charge >= 0.3 is 0 Å². The number of hydrogen-bond donors (Lipinski definition) is 1. The summed E-state index contributed by atoms with van der Waals surface area (Å²) < 4.78 is 22.0. The standard InChI is InChI=1S/C21H31NO5/c1-16(2)14-26-15-18(23)12-22(13-19-8-6-10-27-19)11-17-7-5-9-20(24-3)21(17)25-4/h5-10,16,18,23H,11-15H2,1-4H3/t18-/m1/s1. The lowest BCUT2D eigenvalue weighted by Gasteiger charge is -2.25. The van der Waals surface area contributed by atoms with Crippen LogP contribution in [-0.4, -0.2) is 50.1 Å². The Kier molecular flexibility index (Phi) is 8.64. The third kappa shape index (κ3) is 6.90. The fraction of sp³-hybridized carbons (Fsp3) is 0.524. The van der Waals surface area contributed by atoms with Crippen LogP contribution in [0.25, 0.3) is 0 Å². The Morgan fingerprint density at radius 1 is 1.04 bits per heavy atom. The molecular formula is C21H31NO5. The predicted molar refractivity (Wildman–Crippen MR) is 104 cm³/mol. The van der Waals surface area contributed by atoms with Crippen molar-refractivity contribution >= 4 is 0 Å². The monoisotopic (exact) mass is 377 g/mol. The third-order valence-electron chi connectivity index (χ3n) is 4.07. The largest absolute Gasteiger partial charge is 0.493 e. The van der Waals surface area contributed by atoms with Crippen LogP contribution in [0.5, 0.6) is 11.5 Å². The molecule has 0 saturated carbocycles. The van der Waals surface area contributed by atoms with Crippen LogP contribution < -0.4 is 9.47 Å². The number of benzene rings is 1. The lowest BCUT2D eigenvalue weighted by atomic mass is 10.1. The van der Waals surface area contributed by atoms with Crippen LogP contribution in [0.4, 0.5) is 0 Å². The number of rotatable bonds is 12. The van der Waals surface area contributed by atoms with E-state index in [0.29, 0.717) is 50.3 Å². The zero-order valence-electron chi connectivity index (χ0n) is 16.7. The van der Waals surface area contributed by atoms with Gasteiger partial charge in [0.1, 0.15) is 5.76 Å². The molecule has 1 N–H and O–H groups in total. The van der Waals surface area contributed by atoms with E-state index in [2.05, 4.69) is 18.7 Å². The van der Waals surface area contributed by atoms with Crippen molar-refractivity contribution in [2.45, 2.75) is 33.0 Å². The average Bonchev–Trinajstić information content (AvgIpc) is 3.14. The number of ether oxygens (including phenoxy) is 3. The normalized spacial score (nSPS) is 12.6. The molecule has 2 rings (SSSR count). The third-order valence-corrected chi connectivity index (χ3v) is 4.07. The highest BCUT2D eigenvalue weighted by Gasteiger charge is 2.18. The van der Waals surface area contributed by atoms with Gasteiger partial charge in [0.05, 0.1) is 39.7 Å². The zero-order chi connectivity index (χ0) is 19.6. The van der Waals surface area contributed by atoms with Gasteiger partial charge in [0.25, 0.3) is 0 Å². The SMILES string of the molecule is COc1cccc(CN(Cc2ccco2)C[C@@H](O)COCC(C)C)c1OC. The summed E-state index contributed by atoms with van der Waals surface area (Å²) in [6.07, 6.45) is 1.07. The minimum atomic E-state index is -0.588. The van der Waals surface area contributed by atoms with Gasteiger partial charge in [0.2, 0.25) is 0 Å². The van der Waals surface area contributed by atoms with E-state index < -0.39 is 6.10 Å². The van der Waals surface area contributed by atoms with Crippen LogP contribution in [0.15, 0.2) is 41.0 Å². The number of para-hydroxylation sites is 1. The summed E-state index contributed by atoms with van der Waals surface area (Å²) in [6, 6.07) is 9.59. The molecule has 0 bridgehead atoms. The van der Waals surface area contributed by atoms with E-state index in [0.717, 1.165) is 11.3 Å². The number of furan rings is 1. The first-order chi connectivity index (χ1) is 13.0. The zero-order valence-corrected chi connectivity index (χ0v) is 16.7. The van der Waals surface area contributed by atoms with Gasteiger partial charge < -0.3 is 23.7 Å². The minimum absolute atomic E-state index is 0.308. The Labute approximate surface area is 161 Å². The summed E-state index contributed by atoms with van der Waals surface area (Å²) in [7, 11) is 3.25. The van der Waals surface area contributed by atoms with Gasteiger partial charge in [0.15, 0.2) is 11.5 Å². The molecule has 1 atom stereocenters. The lowest BCUT2D eigenvalue weighted by molar-refractivity contribution is 0.00449. The van der Waals surface area contributed by atoms with E-state index in [1.807, 2.05) is 30.3 Å². The topological polar surface area (TPSA) is 64.3 Å². The molecule has 1 aromatic heterocycles. The predicted octanol–water partition coefficient (Wildman–Crippen LogP) is 3.33. The van der Waals surface area contributed by atoms with Crippen molar-refractivity contribution in [3.63, 3.8) is 0 Å². The molecule has 0 saturated heterocycles. The van der Waals surface area contributed by atoms with E-state index in [1.54, 1.807) is 20.5 Å². The second kappa shape index (κ2) is 11.0. The van der Waals surface area contributed by atoms with Crippen LogP contribution in [0.1, 0.15) is 25.2 Å². The summed E-state index contributed by atoms with van der Waals surface area (Å²) in [6.45, 7) is 6.74. The first kappa shape index (κ1) is 21.3. The molecule has 1 aromatic carbocycles. The fourth-order valence-electron chi connectivity index (χ4n) is 2.92. The molecule has 0 aliphatic carbocycles. The van der Waals surface area contributed by atoms with Crippen LogP contribution in [0.2, 0.25) is 0 Å². The van der Waals surface area contributed by atoms with Crippen LogP contribution in [0, 0.1) is 5.92 Å². The minimum Gasteiger partial charge on any atom is -0.493 e. The van der Waals surface area contributed by atoms with Crippen LogP contribution in [-0.2, 0) is 17.8 Å². The molecule has 0 radical (unpaired) electrons. The molecular weight excluding hydrogens is 346 g/mol. The van der Waals surface area contributed by atoms with Crippen molar-refractivity contribution in [1.82, 2.24) is 4.90 Å². The Morgan fingerprint density at radius 2 is 1.85 bits per heavy atom. The Hall–Kier alpha value is -2.02. The van der Waals surface area contributed by atoms with Crippen molar-refractivity contribution in [3.05, 3.63) is 47.9 Å². The molecule has 0 aliphatic rings. The van der Waals surface area contributed by atoms with E-state index in [4.69, 9.17) is 18.6 Å². The van der Waals surface area contributed by atoms with Crippen molar-refractivity contribution in [2.75, 3.05) is 34.0 Å². The van der Waals surface area contributed by atoms with E-state index >= 15 is 0 Å². The van der Waals surface area contributed by atoms with Crippen molar-refractivity contribution in [3.8, 4) is 11.5 Å². The van der Waals surface area contributed by atoms with E-state index in [9.17, 15) is 5.11 Å². The summed E-state index contributed by atoms with van der Waals surface area (Å²) in [5.74, 6) is 2.67. The van der Waals surface area contributed by atoms with E-state index in [-0.39, 0.29) is 0 Å². The molecule has 6 nitrogen and oxygen atoms in total. The highest BCUT2D eigenvalue weighted by molar-refractivity contribution is 5.46. The molecule has 6 heteroatoms. The molecule has 2 aromatic rings. The first-order valence-corrected chi connectivity index (χ1v) is 9.23. The number of nitrogens with zero attached hydrogens (tertiary/aromatic N) is 1. The number of hydrogen-bond acceptors (Lipinski definition) is 6. The van der Waals surface area contributed by atoms with Crippen LogP contribution >= 0.6 is 0 Å². The highest BCUT2D eigenvalue weighted by atomic mass is 16.5. The van der Waals surface area contributed by atoms with Crippen LogP contribution in [0.3, 0.4) is 0 Å². The summed E-state index contributed by atoms with van der Waals surface area (Å²) in [5.41, 5.74) is 0.985. The molecule has 0 unspecified atom stereocenters. The van der Waals surface area contributed by atoms with Gasteiger partial charge in [-0.25, -0.2) is 0 Å². The van der Waals surface area contributed by atoms with E-state index in [1.165, 1.54) is 0 Å². The Morgan fingerprint density at radius 3 is 2.48 bits per heavy atom. The lowest BCUT2D eigenvalue weighted by Crippen LogP contribution is -2.34. The molecule has 150 valence electrons. The van der Waals surface area contributed by atoms with Crippen molar-refractivity contribution < 1.29 is 23.7 Å². The number of aliphatic hydroxyl groups is 1. The summed E-state index contributed by atoms with van der Waals surface area (Å²) >= 11 is 0. The molecule has 0 aliphatic heterocycles. The second-order valence-corrected chi connectivity index (χ2v) is 6.99. The van der Waals surface area contributed by atoms with Crippen molar-refractivity contribution in [2.24, 2.45) is 5.92 Å².